The lowest BCUT2D eigenvalue weighted by Crippen LogP contribution is -2.18. The summed E-state index contributed by atoms with van der Waals surface area (Å²) in [5.41, 5.74) is 4.38. The van der Waals surface area contributed by atoms with Crippen LogP contribution in [0.5, 0.6) is 0 Å². The SMILES string of the molecule is Clc1ccccc1N1N=C(/C=C/c2ccccc2)C[C@@H]1c1ccccc1. The number of rotatable bonds is 4. The van der Waals surface area contributed by atoms with Crippen molar-refractivity contribution in [1.29, 1.82) is 0 Å². The second-order valence-corrected chi connectivity index (χ2v) is 6.67. The molecule has 0 fully saturated rings. The van der Waals surface area contributed by atoms with Gasteiger partial charge in [0.15, 0.2) is 0 Å². The number of nitrogens with zero attached hydrogens (tertiary/aromatic N) is 2. The van der Waals surface area contributed by atoms with E-state index in [0.29, 0.717) is 5.02 Å². The molecule has 128 valence electrons. The van der Waals surface area contributed by atoms with Crippen molar-refractivity contribution < 1.29 is 0 Å². The number of allylic oxidation sites excluding steroid dienone is 1. The summed E-state index contributed by atoms with van der Waals surface area (Å²) < 4.78 is 0. The van der Waals surface area contributed by atoms with Crippen molar-refractivity contribution in [1.82, 2.24) is 0 Å². The third kappa shape index (κ3) is 3.56. The van der Waals surface area contributed by atoms with E-state index in [4.69, 9.17) is 16.7 Å². The molecule has 0 bridgehead atoms. The number of para-hydroxylation sites is 1. The molecule has 3 aromatic rings. The monoisotopic (exact) mass is 358 g/mol. The molecule has 2 nitrogen and oxygen atoms in total. The first-order chi connectivity index (χ1) is 12.8. The van der Waals surface area contributed by atoms with Crippen LogP contribution < -0.4 is 5.01 Å². The Bertz CT molecular complexity index is 933. The van der Waals surface area contributed by atoms with Gasteiger partial charge in [-0.05, 0) is 29.3 Å². The Morgan fingerprint density at radius 3 is 2.19 bits per heavy atom. The molecule has 0 unspecified atom stereocenters. The van der Waals surface area contributed by atoms with Crippen LogP contribution in [0.3, 0.4) is 0 Å². The number of hydrazone groups is 1. The summed E-state index contributed by atoms with van der Waals surface area (Å²) in [7, 11) is 0. The first-order valence-electron chi connectivity index (χ1n) is 8.70. The molecule has 1 heterocycles. The molecule has 0 radical (unpaired) electrons. The maximum absolute atomic E-state index is 6.45. The topological polar surface area (TPSA) is 15.6 Å². The normalized spacial score (nSPS) is 16.9. The van der Waals surface area contributed by atoms with Gasteiger partial charge in [0.1, 0.15) is 0 Å². The summed E-state index contributed by atoms with van der Waals surface area (Å²) in [5, 5.41) is 7.63. The van der Waals surface area contributed by atoms with Crippen LogP contribution in [-0.4, -0.2) is 5.71 Å². The highest BCUT2D eigenvalue weighted by atomic mass is 35.5. The maximum Gasteiger partial charge on any atom is 0.0832 e. The van der Waals surface area contributed by atoms with Gasteiger partial charge in [0.2, 0.25) is 0 Å². The van der Waals surface area contributed by atoms with E-state index in [1.807, 2.05) is 53.5 Å². The van der Waals surface area contributed by atoms with E-state index in [1.165, 1.54) is 11.1 Å². The molecule has 0 aromatic heterocycles. The zero-order valence-electron chi connectivity index (χ0n) is 14.3. The Morgan fingerprint density at radius 1 is 0.808 bits per heavy atom. The molecule has 1 aliphatic heterocycles. The van der Waals surface area contributed by atoms with Gasteiger partial charge in [-0.3, -0.25) is 5.01 Å². The zero-order valence-corrected chi connectivity index (χ0v) is 15.1. The minimum atomic E-state index is 0.145. The maximum atomic E-state index is 6.45. The highest BCUT2D eigenvalue weighted by Gasteiger charge is 2.29. The van der Waals surface area contributed by atoms with Crippen LogP contribution in [-0.2, 0) is 0 Å². The van der Waals surface area contributed by atoms with Gasteiger partial charge in [-0.1, -0.05) is 90.5 Å². The van der Waals surface area contributed by atoms with Gasteiger partial charge in [0.25, 0.3) is 0 Å². The molecule has 1 atom stereocenters. The predicted molar refractivity (Wildman–Crippen MR) is 111 cm³/mol. The Labute approximate surface area is 159 Å². The lowest BCUT2D eigenvalue weighted by Gasteiger charge is -2.24. The Balaban J connectivity index is 1.68. The number of hydrogen-bond acceptors (Lipinski definition) is 2. The highest BCUT2D eigenvalue weighted by molar-refractivity contribution is 6.33. The summed E-state index contributed by atoms with van der Waals surface area (Å²) in [6.45, 7) is 0. The fourth-order valence-electron chi connectivity index (χ4n) is 3.18. The van der Waals surface area contributed by atoms with Crippen molar-refractivity contribution in [3.8, 4) is 0 Å². The third-order valence-corrected chi connectivity index (χ3v) is 4.80. The van der Waals surface area contributed by atoms with Crippen molar-refractivity contribution in [2.45, 2.75) is 12.5 Å². The van der Waals surface area contributed by atoms with Crippen LogP contribution in [0.4, 0.5) is 5.69 Å². The van der Waals surface area contributed by atoms with Crippen molar-refractivity contribution >= 4 is 29.1 Å². The van der Waals surface area contributed by atoms with Crippen LogP contribution in [0, 0.1) is 0 Å². The van der Waals surface area contributed by atoms with Crippen molar-refractivity contribution in [3.63, 3.8) is 0 Å². The van der Waals surface area contributed by atoms with E-state index in [-0.39, 0.29) is 6.04 Å². The van der Waals surface area contributed by atoms with Crippen LogP contribution in [0.2, 0.25) is 5.02 Å². The molecule has 3 aromatic carbocycles. The van der Waals surface area contributed by atoms with Crippen LogP contribution in [0.25, 0.3) is 6.08 Å². The molecule has 4 rings (SSSR count). The van der Waals surface area contributed by atoms with E-state index >= 15 is 0 Å². The first-order valence-corrected chi connectivity index (χ1v) is 9.08. The quantitative estimate of drug-likeness (QED) is 0.529. The van der Waals surface area contributed by atoms with Crippen molar-refractivity contribution in [2.75, 3.05) is 5.01 Å². The molecule has 26 heavy (non-hydrogen) atoms. The standard InChI is InChI=1S/C23H19ClN2/c24-21-13-7-8-14-22(21)26-23(19-11-5-2-6-12-19)17-20(25-26)16-15-18-9-3-1-4-10-18/h1-16,23H,17H2/b16-15+/t23-/m1/s1. The Morgan fingerprint density at radius 2 is 1.46 bits per heavy atom. The summed E-state index contributed by atoms with van der Waals surface area (Å²) in [4.78, 5) is 0. The molecule has 0 saturated heterocycles. The molecular formula is C23H19ClN2. The predicted octanol–water partition coefficient (Wildman–Crippen LogP) is 6.36. The molecule has 0 spiro atoms. The molecule has 0 saturated carbocycles. The lowest BCUT2D eigenvalue weighted by atomic mass is 10.0. The van der Waals surface area contributed by atoms with Crippen LogP contribution >= 0.6 is 11.6 Å². The second kappa shape index (κ2) is 7.59. The molecule has 0 N–H and O–H groups in total. The average molecular weight is 359 g/mol. The molecule has 0 amide bonds. The molecule has 1 aliphatic rings. The molecular weight excluding hydrogens is 340 g/mol. The summed E-state index contributed by atoms with van der Waals surface area (Å²) in [6, 6.07) is 28.8. The molecule has 0 aliphatic carbocycles. The number of hydrogen-bond donors (Lipinski definition) is 0. The van der Waals surface area contributed by atoms with Gasteiger partial charge >= 0.3 is 0 Å². The Hall–Kier alpha value is -2.84. The van der Waals surface area contributed by atoms with Crippen molar-refractivity contribution in [3.05, 3.63) is 107 Å². The third-order valence-electron chi connectivity index (χ3n) is 4.49. The fourth-order valence-corrected chi connectivity index (χ4v) is 3.41. The second-order valence-electron chi connectivity index (χ2n) is 6.26. The van der Waals surface area contributed by atoms with Gasteiger partial charge < -0.3 is 0 Å². The van der Waals surface area contributed by atoms with Gasteiger partial charge in [-0.25, -0.2) is 0 Å². The Kier molecular flexibility index (Phi) is 4.85. The zero-order chi connectivity index (χ0) is 17.8. The number of halogens is 1. The smallest absolute Gasteiger partial charge is 0.0832 e. The van der Waals surface area contributed by atoms with Crippen molar-refractivity contribution in [2.24, 2.45) is 5.10 Å². The van der Waals surface area contributed by atoms with Gasteiger partial charge in [0, 0.05) is 6.42 Å². The van der Waals surface area contributed by atoms with E-state index in [1.54, 1.807) is 0 Å². The van der Waals surface area contributed by atoms with Gasteiger partial charge in [-0.15, -0.1) is 0 Å². The first kappa shape index (κ1) is 16.6. The largest absolute Gasteiger partial charge is 0.256 e. The minimum Gasteiger partial charge on any atom is -0.256 e. The highest BCUT2D eigenvalue weighted by Crippen LogP contribution is 2.38. The van der Waals surface area contributed by atoms with E-state index in [9.17, 15) is 0 Å². The van der Waals surface area contributed by atoms with Gasteiger partial charge in [0.05, 0.1) is 22.5 Å². The van der Waals surface area contributed by atoms with Crippen LogP contribution in [0.1, 0.15) is 23.6 Å². The summed E-state index contributed by atoms with van der Waals surface area (Å²) in [6.07, 6.45) is 5.05. The van der Waals surface area contributed by atoms with E-state index in [2.05, 4.69) is 48.6 Å². The van der Waals surface area contributed by atoms with Gasteiger partial charge in [-0.2, -0.15) is 5.10 Å². The van der Waals surface area contributed by atoms with E-state index in [0.717, 1.165) is 17.8 Å². The van der Waals surface area contributed by atoms with E-state index < -0.39 is 0 Å². The fraction of sp³-hybridized carbons (Fsp3) is 0.0870. The van der Waals surface area contributed by atoms with Crippen LogP contribution in [0.15, 0.2) is 96.1 Å². The molecule has 3 heteroatoms. The summed E-state index contributed by atoms with van der Waals surface area (Å²) in [5.74, 6) is 0. The average Bonchev–Trinajstić information content (AvgIpc) is 3.12. The number of benzene rings is 3. The minimum absolute atomic E-state index is 0.145. The number of anilines is 1. The lowest BCUT2D eigenvalue weighted by molar-refractivity contribution is 0.709. The summed E-state index contributed by atoms with van der Waals surface area (Å²) >= 11 is 6.45.